The number of aromatic amines is 1. The Kier molecular flexibility index (Phi) is 4.26. The average Bonchev–Trinajstić information content (AvgIpc) is 2.90. The van der Waals surface area contributed by atoms with Gasteiger partial charge in [-0.2, -0.15) is 0 Å². The number of rotatable bonds is 5. The first-order valence-electron chi connectivity index (χ1n) is 6.00. The van der Waals surface area contributed by atoms with Crippen molar-refractivity contribution in [3.63, 3.8) is 0 Å². The Labute approximate surface area is 118 Å². The van der Waals surface area contributed by atoms with Gasteiger partial charge in [-0.05, 0) is 29.0 Å². The number of alkyl halides is 1. The van der Waals surface area contributed by atoms with E-state index in [4.69, 9.17) is 0 Å². The van der Waals surface area contributed by atoms with E-state index in [-0.39, 0.29) is 12.0 Å². The molecule has 7 heteroatoms. The maximum atomic E-state index is 14.5. The summed E-state index contributed by atoms with van der Waals surface area (Å²) in [7, 11) is 0. The summed E-state index contributed by atoms with van der Waals surface area (Å²) in [5.74, 6) is -2.07. The largest absolute Gasteiger partial charge is 0.358 e. The zero-order valence-electron chi connectivity index (χ0n) is 10.4. The lowest BCUT2D eigenvalue weighted by molar-refractivity contribution is -0.103. The molecule has 0 aliphatic carbocycles. The number of benzene rings is 1. The zero-order chi connectivity index (χ0) is 13.9. The fraction of sp³-hybridized carbons (Fsp3) is 0.417. The summed E-state index contributed by atoms with van der Waals surface area (Å²) in [6, 6.07) is 4.89. The number of aliphatic hydroxyl groups is 1. The highest BCUT2D eigenvalue weighted by Gasteiger charge is 2.31. The molecule has 2 N–H and O–H groups in total. The highest BCUT2D eigenvalue weighted by molar-refractivity contribution is 9.10. The van der Waals surface area contributed by atoms with Crippen LogP contribution in [0.3, 0.4) is 0 Å². The molecule has 1 heterocycles. The molecule has 0 bridgehead atoms. The smallest absolute Gasteiger partial charge is 0.233 e. The summed E-state index contributed by atoms with van der Waals surface area (Å²) in [4.78, 5) is 0. The second-order valence-electron chi connectivity index (χ2n) is 4.30. The molecule has 5 nitrogen and oxygen atoms in total. The Morgan fingerprint density at radius 1 is 1.47 bits per heavy atom. The summed E-state index contributed by atoms with van der Waals surface area (Å²) in [5.41, 5.74) is 0.614. The number of tetrazole rings is 1. The summed E-state index contributed by atoms with van der Waals surface area (Å²) < 4.78 is 15.2. The molecular weight excluding hydrogens is 315 g/mol. The third-order valence-electron chi connectivity index (χ3n) is 2.86. The van der Waals surface area contributed by atoms with Gasteiger partial charge < -0.3 is 5.11 Å². The van der Waals surface area contributed by atoms with Crippen molar-refractivity contribution in [2.75, 3.05) is 0 Å². The number of hydrogen-bond donors (Lipinski definition) is 2. The molecule has 0 spiro atoms. The van der Waals surface area contributed by atoms with Crippen LogP contribution in [-0.2, 0) is 5.85 Å². The van der Waals surface area contributed by atoms with Crippen LogP contribution in [0.15, 0.2) is 22.7 Å². The molecule has 1 aromatic heterocycles. The minimum atomic E-state index is -2.39. The molecule has 1 unspecified atom stereocenters. The Balaban J connectivity index is 2.45. The molecule has 1 aromatic carbocycles. The maximum absolute atomic E-state index is 14.5. The van der Waals surface area contributed by atoms with Crippen molar-refractivity contribution in [3.05, 3.63) is 28.2 Å². The topological polar surface area (TPSA) is 74.7 Å². The molecule has 2 rings (SSSR count). The summed E-state index contributed by atoms with van der Waals surface area (Å²) in [6.45, 7) is 1.94. The van der Waals surface area contributed by atoms with E-state index in [9.17, 15) is 9.50 Å². The number of halogens is 2. The normalized spacial score (nSPS) is 14.3. The van der Waals surface area contributed by atoms with Crippen molar-refractivity contribution in [1.82, 2.24) is 20.6 Å². The number of unbranched alkanes of at least 4 members (excludes halogenated alkanes) is 1. The predicted molar refractivity (Wildman–Crippen MR) is 71.8 cm³/mol. The van der Waals surface area contributed by atoms with Crippen LogP contribution >= 0.6 is 15.9 Å². The van der Waals surface area contributed by atoms with E-state index in [0.29, 0.717) is 17.8 Å². The van der Waals surface area contributed by atoms with E-state index >= 15 is 0 Å². The van der Waals surface area contributed by atoms with Crippen LogP contribution in [-0.4, -0.2) is 25.7 Å². The molecule has 19 heavy (non-hydrogen) atoms. The van der Waals surface area contributed by atoms with Gasteiger partial charge in [0, 0.05) is 22.0 Å². The van der Waals surface area contributed by atoms with Crippen LogP contribution in [0.4, 0.5) is 4.39 Å². The standard InChI is InChI=1S/C12H14BrFN4O/c1-2-3-6-12(14,19)10-5-4-8(13)7-9(10)11-15-17-18-16-11/h4-5,7,19H,2-3,6H2,1H3,(H,15,16,17,18). The van der Waals surface area contributed by atoms with Gasteiger partial charge in [0.05, 0.1) is 0 Å². The van der Waals surface area contributed by atoms with E-state index in [1.165, 1.54) is 6.07 Å². The van der Waals surface area contributed by atoms with Crippen molar-refractivity contribution in [1.29, 1.82) is 0 Å². The van der Waals surface area contributed by atoms with E-state index < -0.39 is 5.85 Å². The highest BCUT2D eigenvalue weighted by atomic mass is 79.9. The van der Waals surface area contributed by atoms with E-state index in [1.807, 2.05) is 6.92 Å². The quantitative estimate of drug-likeness (QED) is 0.884. The lowest BCUT2D eigenvalue weighted by atomic mass is 9.96. The van der Waals surface area contributed by atoms with Gasteiger partial charge in [-0.25, -0.2) is 9.49 Å². The molecule has 0 saturated carbocycles. The molecule has 0 fully saturated rings. The fourth-order valence-corrected chi connectivity index (χ4v) is 2.23. The van der Waals surface area contributed by atoms with Crippen LogP contribution in [0.2, 0.25) is 0 Å². The van der Waals surface area contributed by atoms with Crippen molar-refractivity contribution in [2.24, 2.45) is 0 Å². The highest BCUT2D eigenvalue weighted by Crippen LogP contribution is 2.36. The zero-order valence-corrected chi connectivity index (χ0v) is 12.0. The molecule has 0 saturated heterocycles. The van der Waals surface area contributed by atoms with Gasteiger partial charge >= 0.3 is 0 Å². The second kappa shape index (κ2) is 5.75. The summed E-state index contributed by atoms with van der Waals surface area (Å²) in [5, 5.41) is 23.3. The van der Waals surface area contributed by atoms with E-state index in [1.54, 1.807) is 12.1 Å². The lowest BCUT2D eigenvalue weighted by Gasteiger charge is -2.21. The Morgan fingerprint density at radius 3 is 2.89 bits per heavy atom. The minimum Gasteiger partial charge on any atom is -0.358 e. The average molecular weight is 329 g/mol. The van der Waals surface area contributed by atoms with Gasteiger partial charge in [-0.1, -0.05) is 35.3 Å². The van der Waals surface area contributed by atoms with Gasteiger partial charge in [0.15, 0.2) is 5.82 Å². The predicted octanol–water partition coefficient (Wildman–Crippen LogP) is 2.93. The van der Waals surface area contributed by atoms with Crippen LogP contribution in [0.5, 0.6) is 0 Å². The van der Waals surface area contributed by atoms with Crippen molar-refractivity contribution in [2.45, 2.75) is 32.0 Å². The Hall–Kier alpha value is -1.34. The van der Waals surface area contributed by atoms with E-state index in [0.717, 1.165) is 10.9 Å². The number of aromatic nitrogens is 4. The van der Waals surface area contributed by atoms with Crippen LogP contribution in [0, 0.1) is 0 Å². The number of H-pyrrole nitrogens is 1. The van der Waals surface area contributed by atoms with Crippen LogP contribution < -0.4 is 0 Å². The Bertz CT molecular complexity index is 545. The van der Waals surface area contributed by atoms with E-state index in [2.05, 4.69) is 36.6 Å². The van der Waals surface area contributed by atoms with Crippen molar-refractivity contribution in [3.8, 4) is 11.4 Å². The second-order valence-corrected chi connectivity index (χ2v) is 5.22. The molecular formula is C12H14BrFN4O. The fourth-order valence-electron chi connectivity index (χ4n) is 1.87. The monoisotopic (exact) mass is 328 g/mol. The molecule has 0 radical (unpaired) electrons. The summed E-state index contributed by atoms with van der Waals surface area (Å²) >= 11 is 3.31. The SMILES string of the molecule is CCCCC(O)(F)c1ccc(Br)cc1-c1nnn[nH]1. The lowest BCUT2D eigenvalue weighted by Crippen LogP contribution is -2.20. The van der Waals surface area contributed by atoms with Gasteiger partial charge in [0.2, 0.25) is 5.85 Å². The third-order valence-corrected chi connectivity index (χ3v) is 3.35. The van der Waals surface area contributed by atoms with Gasteiger partial charge in [0.1, 0.15) is 0 Å². The van der Waals surface area contributed by atoms with Crippen LogP contribution in [0.1, 0.15) is 31.7 Å². The first-order chi connectivity index (χ1) is 9.04. The first kappa shape index (κ1) is 14.1. The molecule has 1 atom stereocenters. The van der Waals surface area contributed by atoms with Gasteiger partial charge in [-0.3, -0.25) is 0 Å². The summed E-state index contributed by atoms with van der Waals surface area (Å²) in [6.07, 6.45) is 1.44. The first-order valence-corrected chi connectivity index (χ1v) is 6.79. The number of nitrogens with one attached hydrogen (secondary N) is 1. The molecule has 2 aromatic rings. The molecule has 0 amide bonds. The third kappa shape index (κ3) is 3.16. The van der Waals surface area contributed by atoms with Gasteiger partial charge in [0.25, 0.3) is 0 Å². The molecule has 0 aliphatic heterocycles. The molecule has 102 valence electrons. The maximum Gasteiger partial charge on any atom is 0.233 e. The number of nitrogens with zero attached hydrogens (tertiary/aromatic N) is 3. The minimum absolute atomic E-state index is 0.0414. The Morgan fingerprint density at radius 2 is 2.26 bits per heavy atom. The van der Waals surface area contributed by atoms with Crippen LogP contribution in [0.25, 0.3) is 11.4 Å². The van der Waals surface area contributed by atoms with Crippen molar-refractivity contribution < 1.29 is 9.50 Å². The number of hydrogen-bond acceptors (Lipinski definition) is 4. The van der Waals surface area contributed by atoms with Gasteiger partial charge in [-0.15, -0.1) is 5.10 Å². The van der Waals surface area contributed by atoms with Crippen molar-refractivity contribution >= 4 is 15.9 Å². The molecule has 0 aliphatic rings.